The number of nitrogens with one attached hydrogen (secondary N) is 2. The minimum Gasteiger partial charge on any atom is -0.344 e. The monoisotopic (exact) mass is 329 g/mol. The number of rotatable bonds is 4. The molecular formula is C19H27N3O2. The van der Waals surface area contributed by atoms with E-state index < -0.39 is 6.04 Å². The molecule has 2 fully saturated rings. The van der Waals surface area contributed by atoms with Gasteiger partial charge in [-0.3, -0.25) is 9.59 Å². The Morgan fingerprint density at radius 1 is 1.12 bits per heavy atom. The summed E-state index contributed by atoms with van der Waals surface area (Å²) < 4.78 is 0. The maximum Gasteiger partial charge on any atom is 0.246 e. The van der Waals surface area contributed by atoms with Gasteiger partial charge in [-0.15, -0.1) is 0 Å². The third-order valence-corrected chi connectivity index (χ3v) is 5.58. The average Bonchev–Trinajstić information content (AvgIpc) is 2.55. The number of hydrogen-bond acceptors (Lipinski definition) is 3. The number of amides is 2. The van der Waals surface area contributed by atoms with Gasteiger partial charge in [0.25, 0.3) is 0 Å². The first-order valence-electron chi connectivity index (χ1n) is 8.96. The van der Waals surface area contributed by atoms with E-state index in [0.717, 1.165) is 31.4 Å². The van der Waals surface area contributed by atoms with Crippen molar-refractivity contribution in [1.29, 1.82) is 0 Å². The predicted octanol–water partition coefficient (Wildman–Crippen LogP) is 2.28. The lowest BCUT2D eigenvalue weighted by Crippen LogP contribution is -2.51. The van der Waals surface area contributed by atoms with E-state index in [9.17, 15) is 9.59 Å². The highest BCUT2D eigenvalue weighted by atomic mass is 16.2. The van der Waals surface area contributed by atoms with Crippen LogP contribution in [0, 0.1) is 17.8 Å². The van der Waals surface area contributed by atoms with Gasteiger partial charge in [0.1, 0.15) is 6.04 Å². The first-order valence-corrected chi connectivity index (χ1v) is 8.96. The Balaban J connectivity index is 1.53. The molecule has 0 aliphatic heterocycles. The first-order chi connectivity index (χ1) is 11.5. The zero-order valence-electron chi connectivity index (χ0n) is 14.2. The fourth-order valence-electron chi connectivity index (χ4n) is 4.17. The molecular weight excluding hydrogens is 302 g/mol. The molecule has 5 nitrogen and oxygen atoms in total. The molecule has 2 saturated carbocycles. The second kappa shape index (κ2) is 7.34. The Morgan fingerprint density at radius 2 is 1.75 bits per heavy atom. The fraction of sp³-hybridized carbons (Fsp3) is 0.579. The van der Waals surface area contributed by atoms with Crippen molar-refractivity contribution in [3.63, 3.8) is 0 Å². The van der Waals surface area contributed by atoms with E-state index in [1.807, 2.05) is 30.3 Å². The molecule has 0 heterocycles. The summed E-state index contributed by atoms with van der Waals surface area (Å²) in [5.74, 6) is 0.715. The smallest absolute Gasteiger partial charge is 0.246 e. The number of carbonyl (C=O) groups excluding carboxylic acids is 2. The molecule has 3 atom stereocenters. The number of nitrogens with two attached hydrogens (primary N) is 1. The van der Waals surface area contributed by atoms with Crippen LogP contribution in [0.2, 0.25) is 0 Å². The van der Waals surface area contributed by atoms with Gasteiger partial charge in [-0.25, -0.2) is 0 Å². The molecule has 1 aromatic rings. The van der Waals surface area contributed by atoms with Crippen LogP contribution in [-0.2, 0) is 9.59 Å². The van der Waals surface area contributed by atoms with E-state index in [2.05, 4.69) is 10.6 Å². The molecule has 0 aromatic heterocycles. The largest absolute Gasteiger partial charge is 0.344 e. The second-order valence-corrected chi connectivity index (χ2v) is 7.28. The summed E-state index contributed by atoms with van der Waals surface area (Å²) in [5.41, 5.74) is 7.02. The molecule has 0 radical (unpaired) electrons. The van der Waals surface area contributed by atoms with Gasteiger partial charge in [0.2, 0.25) is 11.8 Å². The SMILES string of the molecule is CC(NC(=O)C1CC2CCCC(C1)C2N)C(=O)Nc1ccccc1. The van der Waals surface area contributed by atoms with E-state index in [4.69, 9.17) is 5.73 Å². The van der Waals surface area contributed by atoms with Gasteiger partial charge >= 0.3 is 0 Å². The Hall–Kier alpha value is -1.88. The van der Waals surface area contributed by atoms with Gasteiger partial charge in [-0.2, -0.15) is 0 Å². The van der Waals surface area contributed by atoms with Crippen LogP contribution in [0.1, 0.15) is 39.0 Å². The molecule has 4 N–H and O–H groups in total. The number of carbonyl (C=O) groups is 2. The van der Waals surface area contributed by atoms with Crippen LogP contribution in [0.4, 0.5) is 5.69 Å². The zero-order valence-corrected chi connectivity index (χ0v) is 14.2. The molecule has 2 aliphatic rings. The highest BCUT2D eigenvalue weighted by molar-refractivity contribution is 5.97. The second-order valence-electron chi connectivity index (χ2n) is 7.28. The van der Waals surface area contributed by atoms with Crippen molar-refractivity contribution in [3.05, 3.63) is 30.3 Å². The molecule has 3 unspecified atom stereocenters. The number of hydrogen-bond donors (Lipinski definition) is 3. The van der Waals surface area contributed by atoms with Crippen molar-refractivity contribution < 1.29 is 9.59 Å². The third kappa shape index (κ3) is 3.78. The van der Waals surface area contributed by atoms with Crippen molar-refractivity contribution in [1.82, 2.24) is 5.32 Å². The normalized spacial score (nSPS) is 30.2. The molecule has 0 spiro atoms. The van der Waals surface area contributed by atoms with Crippen LogP contribution in [0.3, 0.4) is 0 Å². The number of fused-ring (bicyclic) bond motifs is 2. The molecule has 3 rings (SSSR count). The Labute approximate surface area is 143 Å². The van der Waals surface area contributed by atoms with Crippen LogP contribution in [0.25, 0.3) is 0 Å². The van der Waals surface area contributed by atoms with Crippen LogP contribution in [-0.4, -0.2) is 23.9 Å². The molecule has 2 bridgehead atoms. The van der Waals surface area contributed by atoms with Gasteiger partial charge in [0.15, 0.2) is 0 Å². The standard InChI is InChI=1S/C19H27N3O2/c1-12(18(23)22-16-8-3-2-4-9-16)21-19(24)15-10-13-6-5-7-14(11-15)17(13)20/h2-4,8-9,12-15,17H,5-7,10-11,20H2,1H3,(H,21,24)(H,22,23). The first kappa shape index (κ1) is 17.0. The quantitative estimate of drug-likeness (QED) is 0.792. The molecule has 130 valence electrons. The van der Waals surface area contributed by atoms with Gasteiger partial charge in [-0.1, -0.05) is 24.6 Å². The molecule has 5 heteroatoms. The summed E-state index contributed by atoms with van der Waals surface area (Å²) in [5, 5.41) is 5.71. The lowest BCUT2D eigenvalue weighted by Gasteiger charge is -2.43. The third-order valence-electron chi connectivity index (χ3n) is 5.58. The summed E-state index contributed by atoms with van der Waals surface area (Å²) in [6.45, 7) is 1.73. The van der Waals surface area contributed by atoms with Crippen LogP contribution < -0.4 is 16.4 Å². The van der Waals surface area contributed by atoms with Gasteiger partial charge < -0.3 is 16.4 Å². The van der Waals surface area contributed by atoms with Crippen molar-refractivity contribution in [2.45, 2.75) is 51.1 Å². The summed E-state index contributed by atoms with van der Waals surface area (Å²) in [7, 11) is 0. The van der Waals surface area contributed by atoms with E-state index in [1.165, 1.54) is 6.42 Å². The maximum atomic E-state index is 12.6. The molecule has 1 aromatic carbocycles. The van der Waals surface area contributed by atoms with Gasteiger partial charge in [0.05, 0.1) is 0 Å². The summed E-state index contributed by atoms with van der Waals surface area (Å²) >= 11 is 0. The highest BCUT2D eigenvalue weighted by Crippen LogP contribution is 2.41. The van der Waals surface area contributed by atoms with Crippen molar-refractivity contribution in [2.24, 2.45) is 23.5 Å². The van der Waals surface area contributed by atoms with Crippen molar-refractivity contribution >= 4 is 17.5 Å². The van der Waals surface area contributed by atoms with Crippen LogP contribution >= 0.6 is 0 Å². The average molecular weight is 329 g/mol. The predicted molar refractivity (Wildman–Crippen MR) is 94.2 cm³/mol. The Bertz CT molecular complexity index is 576. The van der Waals surface area contributed by atoms with Crippen molar-refractivity contribution in [3.8, 4) is 0 Å². The van der Waals surface area contributed by atoms with E-state index >= 15 is 0 Å². The lowest BCUT2D eigenvalue weighted by atomic mass is 9.65. The Kier molecular flexibility index (Phi) is 5.19. The van der Waals surface area contributed by atoms with Crippen molar-refractivity contribution in [2.75, 3.05) is 5.32 Å². The minimum absolute atomic E-state index is 0.00508. The number of para-hydroxylation sites is 1. The minimum atomic E-state index is -0.548. The summed E-state index contributed by atoms with van der Waals surface area (Å²) in [6.07, 6.45) is 5.21. The topological polar surface area (TPSA) is 84.2 Å². The highest BCUT2D eigenvalue weighted by Gasteiger charge is 2.40. The maximum absolute atomic E-state index is 12.6. The molecule has 0 saturated heterocycles. The Morgan fingerprint density at radius 3 is 2.38 bits per heavy atom. The van der Waals surface area contributed by atoms with Crippen LogP contribution in [0.5, 0.6) is 0 Å². The molecule has 2 amide bonds. The van der Waals surface area contributed by atoms with E-state index in [1.54, 1.807) is 6.92 Å². The number of anilines is 1. The van der Waals surface area contributed by atoms with E-state index in [-0.39, 0.29) is 23.8 Å². The fourth-order valence-corrected chi connectivity index (χ4v) is 4.17. The summed E-state index contributed by atoms with van der Waals surface area (Å²) in [6, 6.07) is 8.98. The molecule has 2 aliphatic carbocycles. The zero-order chi connectivity index (χ0) is 17.1. The van der Waals surface area contributed by atoms with Gasteiger partial charge in [0, 0.05) is 17.6 Å². The van der Waals surface area contributed by atoms with E-state index in [0.29, 0.717) is 11.8 Å². The lowest BCUT2D eigenvalue weighted by molar-refractivity contribution is -0.131. The number of benzene rings is 1. The molecule has 24 heavy (non-hydrogen) atoms. The van der Waals surface area contributed by atoms with Crippen LogP contribution in [0.15, 0.2) is 30.3 Å². The summed E-state index contributed by atoms with van der Waals surface area (Å²) in [4.78, 5) is 24.8. The van der Waals surface area contributed by atoms with Gasteiger partial charge in [-0.05, 0) is 56.6 Å².